The molecular weight excluding hydrogens is 360 g/mol. The number of carbonyl (C=O) groups excluding carboxylic acids is 1. The molecule has 2 heterocycles. The Morgan fingerprint density at radius 1 is 1.36 bits per heavy atom. The van der Waals surface area contributed by atoms with Gasteiger partial charge in [-0.2, -0.15) is 0 Å². The lowest BCUT2D eigenvalue weighted by Crippen LogP contribution is -2.27. The predicted octanol–water partition coefficient (Wildman–Crippen LogP) is 2.78. The fourth-order valence-corrected chi connectivity index (χ4v) is 3.80. The summed E-state index contributed by atoms with van der Waals surface area (Å²) < 4.78 is 6.87. The minimum atomic E-state index is -0.311. The van der Waals surface area contributed by atoms with Crippen LogP contribution in [0.15, 0.2) is 29.4 Å². The fraction of sp³-hybridized carbons (Fsp3) is 0.471. The second kappa shape index (κ2) is 9.22. The van der Waals surface area contributed by atoms with Crippen LogP contribution in [0.25, 0.3) is 0 Å². The van der Waals surface area contributed by atoms with Crippen LogP contribution in [0, 0.1) is 0 Å². The van der Waals surface area contributed by atoms with Gasteiger partial charge in [-0.25, -0.2) is 4.79 Å². The SMILES string of the molecule is COC(=O)c1cccc(CSc2nnc(C3CCNCC3)n2C)c1.Cl. The van der Waals surface area contributed by atoms with Gasteiger partial charge < -0.3 is 14.6 Å². The Morgan fingerprint density at radius 2 is 2.12 bits per heavy atom. The number of piperidine rings is 1. The monoisotopic (exact) mass is 382 g/mol. The molecule has 0 aliphatic carbocycles. The van der Waals surface area contributed by atoms with Gasteiger partial charge in [-0.3, -0.25) is 0 Å². The fourth-order valence-electron chi connectivity index (χ4n) is 2.94. The molecule has 1 saturated heterocycles. The quantitative estimate of drug-likeness (QED) is 0.633. The van der Waals surface area contributed by atoms with E-state index in [2.05, 4.69) is 20.1 Å². The van der Waals surface area contributed by atoms with Crippen LogP contribution in [0.2, 0.25) is 0 Å². The summed E-state index contributed by atoms with van der Waals surface area (Å²) in [4.78, 5) is 11.6. The minimum Gasteiger partial charge on any atom is -0.465 e. The number of rotatable bonds is 5. The maximum Gasteiger partial charge on any atom is 0.337 e. The van der Waals surface area contributed by atoms with Crippen molar-refractivity contribution in [3.63, 3.8) is 0 Å². The van der Waals surface area contributed by atoms with Gasteiger partial charge in [0, 0.05) is 18.7 Å². The number of nitrogens with one attached hydrogen (secondary N) is 1. The zero-order valence-electron chi connectivity index (χ0n) is 14.4. The van der Waals surface area contributed by atoms with Gasteiger partial charge in [-0.05, 0) is 43.6 Å². The van der Waals surface area contributed by atoms with Gasteiger partial charge in [0.1, 0.15) is 5.82 Å². The second-order valence-electron chi connectivity index (χ2n) is 5.90. The zero-order chi connectivity index (χ0) is 16.9. The van der Waals surface area contributed by atoms with E-state index in [1.165, 1.54) is 7.11 Å². The van der Waals surface area contributed by atoms with Crippen molar-refractivity contribution < 1.29 is 9.53 Å². The maximum absolute atomic E-state index is 11.6. The molecule has 1 aromatic heterocycles. The van der Waals surface area contributed by atoms with Crippen LogP contribution in [-0.4, -0.2) is 40.9 Å². The van der Waals surface area contributed by atoms with Crippen molar-refractivity contribution >= 4 is 30.1 Å². The molecule has 25 heavy (non-hydrogen) atoms. The molecule has 0 atom stereocenters. The highest BCUT2D eigenvalue weighted by molar-refractivity contribution is 7.98. The highest BCUT2D eigenvalue weighted by atomic mass is 35.5. The van der Waals surface area contributed by atoms with E-state index in [9.17, 15) is 4.79 Å². The molecule has 1 aliphatic rings. The van der Waals surface area contributed by atoms with Gasteiger partial charge in [-0.1, -0.05) is 23.9 Å². The van der Waals surface area contributed by atoms with E-state index in [4.69, 9.17) is 4.74 Å². The molecular formula is C17H23ClN4O2S. The first-order chi connectivity index (χ1) is 11.7. The third-order valence-electron chi connectivity index (χ3n) is 4.29. The largest absolute Gasteiger partial charge is 0.465 e. The first-order valence-corrected chi connectivity index (χ1v) is 9.07. The van der Waals surface area contributed by atoms with E-state index < -0.39 is 0 Å². The summed E-state index contributed by atoms with van der Waals surface area (Å²) in [7, 11) is 3.43. The van der Waals surface area contributed by atoms with Crippen LogP contribution in [0.3, 0.4) is 0 Å². The van der Waals surface area contributed by atoms with E-state index in [0.717, 1.165) is 48.2 Å². The van der Waals surface area contributed by atoms with E-state index in [1.807, 2.05) is 25.2 Å². The maximum atomic E-state index is 11.6. The number of esters is 1. The van der Waals surface area contributed by atoms with Crippen molar-refractivity contribution in [2.75, 3.05) is 20.2 Å². The smallest absolute Gasteiger partial charge is 0.337 e. The van der Waals surface area contributed by atoms with Crippen molar-refractivity contribution in [2.24, 2.45) is 7.05 Å². The molecule has 136 valence electrons. The van der Waals surface area contributed by atoms with Crippen molar-refractivity contribution in [3.8, 4) is 0 Å². The molecule has 1 fully saturated rings. The normalized spacial score (nSPS) is 14.8. The zero-order valence-corrected chi connectivity index (χ0v) is 16.0. The number of ether oxygens (including phenoxy) is 1. The summed E-state index contributed by atoms with van der Waals surface area (Å²) in [6, 6.07) is 7.50. The molecule has 6 nitrogen and oxygen atoms in total. The number of thioether (sulfide) groups is 1. The average Bonchev–Trinajstić information content (AvgIpc) is 3.01. The summed E-state index contributed by atoms with van der Waals surface area (Å²) in [6.45, 7) is 2.08. The van der Waals surface area contributed by atoms with Crippen LogP contribution in [0.5, 0.6) is 0 Å². The van der Waals surface area contributed by atoms with Crippen molar-refractivity contribution in [1.82, 2.24) is 20.1 Å². The Bertz CT molecular complexity index is 716. The molecule has 1 aromatic carbocycles. The van der Waals surface area contributed by atoms with Gasteiger partial charge in [-0.15, -0.1) is 22.6 Å². The van der Waals surface area contributed by atoms with Gasteiger partial charge in [0.15, 0.2) is 5.16 Å². The van der Waals surface area contributed by atoms with Gasteiger partial charge in [0.25, 0.3) is 0 Å². The average molecular weight is 383 g/mol. The molecule has 3 rings (SSSR count). The summed E-state index contributed by atoms with van der Waals surface area (Å²) >= 11 is 1.63. The molecule has 0 saturated carbocycles. The minimum absolute atomic E-state index is 0. The number of methoxy groups -OCH3 is 1. The Morgan fingerprint density at radius 3 is 2.84 bits per heavy atom. The summed E-state index contributed by atoms with van der Waals surface area (Å²) in [5, 5.41) is 13.0. The van der Waals surface area contributed by atoms with E-state index in [0.29, 0.717) is 11.5 Å². The topological polar surface area (TPSA) is 69.0 Å². The van der Waals surface area contributed by atoms with E-state index >= 15 is 0 Å². The van der Waals surface area contributed by atoms with Crippen molar-refractivity contribution in [3.05, 3.63) is 41.2 Å². The van der Waals surface area contributed by atoms with Crippen LogP contribution < -0.4 is 5.32 Å². The molecule has 0 amide bonds. The van der Waals surface area contributed by atoms with Crippen LogP contribution in [0.4, 0.5) is 0 Å². The standard InChI is InChI=1S/C17H22N4O2S.ClH/c1-21-15(13-6-8-18-9-7-13)19-20-17(21)24-11-12-4-3-5-14(10-12)16(22)23-2;/h3-5,10,13,18H,6-9,11H2,1-2H3;1H. The van der Waals surface area contributed by atoms with Gasteiger partial charge in [0.2, 0.25) is 0 Å². The number of aromatic nitrogens is 3. The number of halogens is 1. The Balaban J connectivity index is 0.00000225. The second-order valence-corrected chi connectivity index (χ2v) is 6.85. The van der Waals surface area contributed by atoms with Crippen LogP contribution in [-0.2, 0) is 17.5 Å². The molecule has 0 bridgehead atoms. The number of benzene rings is 1. The molecule has 1 aliphatic heterocycles. The highest BCUT2D eigenvalue weighted by Crippen LogP contribution is 2.27. The third-order valence-corrected chi connectivity index (χ3v) is 5.38. The molecule has 0 unspecified atom stereocenters. The van der Waals surface area contributed by atoms with Crippen LogP contribution >= 0.6 is 24.2 Å². The molecule has 0 spiro atoms. The summed E-state index contributed by atoms with van der Waals surface area (Å²) in [6.07, 6.45) is 2.22. The van der Waals surface area contributed by atoms with Crippen molar-refractivity contribution in [2.45, 2.75) is 29.7 Å². The Labute approximate surface area is 158 Å². The summed E-state index contributed by atoms with van der Waals surface area (Å²) in [5.41, 5.74) is 1.64. The summed E-state index contributed by atoms with van der Waals surface area (Å²) in [5.74, 6) is 1.99. The number of hydrogen-bond acceptors (Lipinski definition) is 6. The lowest BCUT2D eigenvalue weighted by Gasteiger charge is -2.21. The number of nitrogens with zero attached hydrogens (tertiary/aromatic N) is 3. The third kappa shape index (κ3) is 4.74. The number of carbonyl (C=O) groups is 1. The first kappa shape index (κ1) is 19.8. The Hall–Kier alpha value is -1.57. The van der Waals surface area contributed by atoms with Gasteiger partial charge >= 0.3 is 5.97 Å². The van der Waals surface area contributed by atoms with Crippen molar-refractivity contribution in [1.29, 1.82) is 0 Å². The molecule has 0 radical (unpaired) electrons. The lowest BCUT2D eigenvalue weighted by atomic mass is 9.97. The highest BCUT2D eigenvalue weighted by Gasteiger charge is 2.21. The lowest BCUT2D eigenvalue weighted by molar-refractivity contribution is 0.0600. The predicted molar refractivity (Wildman–Crippen MR) is 100 cm³/mol. The Kier molecular flexibility index (Phi) is 7.28. The van der Waals surface area contributed by atoms with Crippen LogP contribution in [0.1, 0.15) is 40.5 Å². The number of hydrogen-bond donors (Lipinski definition) is 1. The first-order valence-electron chi connectivity index (χ1n) is 8.09. The van der Waals surface area contributed by atoms with E-state index in [1.54, 1.807) is 17.8 Å². The molecule has 1 N–H and O–H groups in total. The van der Waals surface area contributed by atoms with Gasteiger partial charge in [0.05, 0.1) is 12.7 Å². The molecule has 2 aromatic rings. The van der Waals surface area contributed by atoms with E-state index in [-0.39, 0.29) is 18.4 Å². The molecule has 8 heteroatoms.